The van der Waals surface area contributed by atoms with Crippen molar-refractivity contribution in [2.24, 2.45) is 0 Å². The first-order valence-corrected chi connectivity index (χ1v) is 4.10. The molecule has 6 nitrogen and oxygen atoms in total. The smallest absolute Gasteiger partial charge is 0.344 e. The first-order valence-electron chi connectivity index (χ1n) is 4.10. The highest BCUT2D eigenvalue weighted by molar-refractivity contribution is 5.95. The van der Waals surface area contributed by atoms with Crippen molar-refractivity contribution in [3.8, 4) is 0 Å². The van der Waals surface area contributed by atoms with Crippen LogP contribution < -0.4 is 5.73 Å². The van der Waals surface area contributed by atoms with Gasteiger partial charge in [0.05, 0.1) is 17.6 Å². The van der Waals surface area contributed by atoms with E-state index in [9.17, 15) is 14.9 Å². The lowest BCUT2D eigenvalue weighted by Crippen LogP contribution is -2.08. The summed E-state index contributed by atoms with van der Waals surface area (Å²) >= 11 is 0. The fourth-order valence-corrected chi connectivity index (χ4v) is 1.23. The third-order valence-corrected chi connectivity index (χ3v) is 2.06. The third-order valence-electron chi connectivity index (χ3n) is 2.06. The normalized spacial score (nSPS) is 9.73. The Labute approximate surface area is 85.8 Å². The van der Waals surface area contributed by atoms with Gasteiger partial charge in [-0.3, -0.25) is 10.1 Å². The van der Waals surface area contributed by atoms with E-state index < -0.39 is 10.9 Å². The van der Waals surface area contributed by atoms with Crippen LogP contribution in [0.2, 0.25) is 0 Å². The van der Waals surface area contributed by atoms with E-state index in [1.54, 1.807) is 0 Å². The number of nitro groups is 1. The fourth-order valence-electron chi connectivity index (χ4n) is 1.23. The molecule has 0 fully saturated rings. The number of esters is 1. The van der Waals surface area contributed by atoms with Gasteiger partial charge in [0, 0.05) is 5.69 Å². The second-order valence-electron chi connectivity index (χ2n) is 2.92. The molecule has 0 aliphatic rings. The molecule has 0 spiro atoms. The molecule has 15 heavy (non-hydrogen) atoms. The molecule has 1 rings (SSSR count). The number of hydrogen-bond donors (Lipinski definition) is 1. The molecule has 0 aromatic heterocycles. The van der Waals surface area contributed by atoms with E-state index in [0.717, 1.165) is 7.11 Å². The molecule has 0 bridgehead atoms. The number of carbonyl (C=O) groups excluding carboxylic acids is 1. The van der Waals surface area contributed by atoms with Crippen LogP contribution in [0.4, 0.5) is 11.4 Å². The minimum absolute atomic E-state index is 0.0887. The highest BCUT2D eigenvalue weighted by atomic mass is 16.6. The van der Waals surface area contributed by atoms with Gasteiger partial charge in [-0.2, -0.15) is 0 Å². The number of rotatable bonds is 2. The lowest BCUT2D eigenvalue weighted by Gasteiger charge is -2.05. The minimum atomic E-state index is -0.746. The standard InChI is InChI=1S/C9H10N2O4/c1-5-7(10)4-3-6(9(12)15-2)8(5)11(13)14/h3-4H,10H2,1-2H3. The lowest BCUT2D eigenvalue weighted by atomic mass is 10.1. The van der Waals surface area contributed by atoms with Gasteiger partial charge in [0.1, 0.15) is 5.56 Å². The second-order valence-corrected chi connectivity index (χ2v) is 2.92. The van der Waals surface area contributed by atoms with Crippen LogP contribution in [0.1, 0.15) is 15.9 Å². The number of nitrogen functional groups attached to an aromatic ring is 1. The number of carbonyl (C=O) groups is 1. The van der Waals surface area contributed by atoms with Crippen molar-refractivity contribution >= 4 is 17.3 Å². The monoisotopic (exact) mass is 210 g/mol. The minimum Gasteiger partial charge on any atom is -0.465 e. The number of nitrogens with zero attached hydrogens (tertiary/aromatic N) is 1. The summed E-state index contributed by atoms with van der Waals surface area (Å²) in [6, 6.07) is 2.72. The predicted molar refractivity (Wildman–Crippen MR) is 53.6 cm³/mol. The number of anilines is 1. The van der Waals surface area contributed by atoms with Gasteiger partial charge in [-0.25, -0.2) is 4.79 Å². The summed E-state index contributed by atoms with van der Waals surface area (Å²) < 4.78 is 4.44. The van der Waals surface area contributed by atoms with E-state index in [4.69, 9.17) is 5.73 Å². The van der Waals surface area contributed by atoms with Gasteiger partial charge >= 0.3 is 5.97 Å². The van der Waals surface area contributed by atoms with Gasteiger partial charge in [-0.15, -0.1) is 0 Å². The summed E-state index contributed by atoms with van der Waals surface area (Å²) in [5.74, 6) is -0.746. The Morgan fingerprint density at radius 2 is 2.13 bits per heavy atom. The Morgan fingerprint density at radius 1 is 1.53 bits per heavy atom. The van der Waals surface area contributed by atoms with E-state index in [1.165, 1.54) is 19.1 Å². The zero-order valence-corrected chi connectivity index (χ0v) is 8.31. The number of nitrogens with two attached hydrogens (primary N) is 1. The fraction of sp³-hybridized carbons (Fsp3) is 0.222. The van der Waals surface area contributed by atoms with Gasteiger partial charge in [-0.1, -0.05) is 0 Å². The summed E-state index contributed by atoms with van der Waals surface area (Å²) in [6.07, 6.45) is 0. The Hall–Kier alpha value is -2.11. The van der Waals surface area contributed by atoms with Crippen LogP contribution in [-0.2, 0) is 4.74 Å². The molecule has 0 amide bonds. The molecular weight excluding hydrogens is 200 g/mol. The van der Waals surface area contributed by atoms with Crippen LogP contribution in [-0.4, -0.2) is 18.0 Å². The summed E-state index contributed by atoms with van der Waals surface area (Å²) in [6.45, 7) is 1.49. The molecule has 80 valence electrons. The second kappa shape index (κ2) is 3.95. The van der Waals surface area contributed by atoms with E-state index in [0.29, 0.717) is 0 Å². The molecule has 0 aliphatic carbocycles. The SMILES string of the molecule is COC(=O)c1ccc(N)c(C)c1[N+](=O)[O-]. The van der Waals surface area contributed by atoms with Crippen LogP contribution in [0.3, 0.4) is 0 Å². The molecule has 1 aromatic rings. The maximum absolute atomic E-state index is 11.2. The van der Waals surface area contributed by atoms with E-state index in [2.05, 4.69) is 4.74 Å². The van der Waals surface area contributed by atoms with Crippen molar-refractivity contribution in [2.45, 2.75) is 6.92 Å². The Bertz CT molecular complexity index is 428. The molecule has 0 heterocycles. The van der Waals surface area contributed by atoms with Crippen LogP contribution in [0.5, 0.6) is 0 Å². The number of methoxy groups -OCH3 is 1. The van der Waals surface area contributed by atoms with E-state index in [1.807, 2.05) is 0 Å². The van der Waals surface area contributed by atoms with E-state index in [-0.39, 0.29) is 22.5 Å². The molecule has 1 aromatic carbocycles. The van der Waals surface area contributed by atoms with Gasteiger partial charge in [-0.05, 0) is 19.1 Å². The molecule has 0 unspecified atom stereocenters. The molecule has 0 aliphatic heterocycles. The summed E-state index contributed by atoms with van der Waals surface area (Å²) in [5.41, 5.74) is 5.66. The Balaban J connectivity index is 3.46. The first-order chi connectivity index (χ1) is 6.99. The zero-order valence-electron chi connectivity index (χ0n) is 8.31. The topological polar surface area (TPSA) is 95.5 Å². The molecule has 0 saturated heterocycles. The maximum Gasteiger partial charge on any atom is 0.344 e. The molecule has 0 saturated carbocycles. The zero-order chi connectivity index (χ0) is 11.6. The Kier molecular flexibility index (Phi) is 2.89. The average molecular weight is 210 g/mol. The van der Waals surface area contributed by atoms with Crippen molar-refractivity contribution in [3.63, 3.8) is 0 Å². The average Bonchev–Trinajstić information content (AvgIpc) is 2.20. The summed E-state index contributed by atoms with van der Waals surface area (Å²) in [7, 11) is 1.16. The predicted octanol–water partition coefficient (Wildman–Crippen LogP) is 1.27. The lowest BCUT2D eigenvalue weighted by molar-refractivity contribution is -0.385. The van der Waals surface area contributed by atoms with Crippen LogP contribution >= 0.6 is 0 Å². The van der Waals surface area contributed by atoms with Crippen molar-refractivity contribution in [2.75, 3.05) is 12.8 Å². The van der Waals surface area contributed by atoms with Gasteiger partial charge in [0.2, 0.25) is 0 Å². The van der Waals surface area contributed by atoms with Gasteiger partial charge < -0.3 is 10.5 Å². The Morgan fingerprint density at radius 3 is 2.60 bits per heavy atom. The van der Waals surface area contributed by atoms with Crippen molar-refractivity contribution in [1.82, 2.24) is 0 Å². The molecule has 0 radical (unpaired) electrons. The van der Waals surface area contributed by atoms with Crippen LogP contribution in [0, 0.1) is 17.0 Å². The highest BCUT2D eigenvalue weighted by Crippen LogP contribution is 2.28. The number of nitro benzene ring substituents is 1. The number of benzene rings is 1. The third kappa shape index (κ3) is 1.88. The van der Waals surface area contributed by atoms with Gasteiger partial charge in [0.15, 0.2) is 0 Å². The highest BCUT2D eigenvalue weighted by Gasteiger charge is 2.24. The first kappa shape index (κ1) is 11.0. The largest absolute Gasteiger partial charge is 0.465 e. The van der Waals surface area contributed by atoms with Crippen LogP contribution in [0.15, 0.2) is 12.1 Å². The molecule has 6 heteroatoms. The van der Waals surface area contributed by atoms with E-state index >= 15 is 0 Å². The summed E-state index contributed by atoms with van der Waals surface area (Å²) in [5, 5.41) is 10.8. The van der Waals surface area contributed by atoms with Crippen molar-refractivity contribution < 1.29 is 14.5 Å². The number of hydrogen-bond acceptors (Lipinski definition) is 5. The molecule has 2 N–H and O–H groups in total. The number of ether oxygens (including phenoxy) is 1. The van der Waals surface area contributed by atoms with Gasteiger partial charge in [0.25, 0.3) is 5.69 Å². The molecular formula is C9H10N2O4. The quantitative estimate of drug-likeness (QED) is 0.343. The summed E-state index contributed by atoms with van der Waals surface area (Å²) in [4.78, 5) is 21.4. The van der Waals surface area contributed by atoms with Crippen molar-refractivity contribution in [1.29, 1.82) is 0 Å². The van der Waals surface area contributed by atoms with Crippen molar-refractivity contribution in [3.05, 3.63) is 33.4 Å². The molecule has 0 atom stereocenters. The maximum atomic E-state index is 11.2. The van der Waals surface area contributed by atoms with Crippen LogP contribution in [0.25, 0.3) is 0 Å².